The van der Waals surface area contributed by atoms with Crippen LogP contribution < -0.4 is 11.1 Å². The van der Waals surface area contributed by atoms with Crippen molar-refractivity contribution in [2.24, 2.45) is 11.7 Å². The molecular weight excluding hydrogens is 272 g/mol. The third-order valence-electron chi connectivity index (χ3n) is 3.84. The lowest BCUT2D eigenvalue weighted by Crippen LogP contribution is -2.45. The number of nitrogens with two attached hydrogens (primary N) is 1. The standard InChI is InChI=1S/C19H24N2O/c1-14(2)13-15-9-11-16(12-10-15)19(3,18(20)22)21-17-7-5-4-6-8-17/h4-12,14,21H,13H2,1-3H3,(H2,20,22). The Hall–Kier alpha value is -2.29. The third-order valence-corrected chi connectivity index (χ3v) is 3.84. The molecule has 116 valence electrons. The zero-order valence-corrected chi connectivity index (χ0v) is 13.5. The zero-order chi connectivity index (χ0) is 16.2. The molecule has 0 aliphatic rings. The van der Waals surface area contributed by atoms with Gasteiger partial charge < -0.3 is 11.1 Å². The molecule has 0 aromatic heterocycles. The minimum Gasteiger partial charge on any atom is -0.368 e. The fraction of sp³-hybridized carbons (Fsp3) is 0.316. The smallest absolute Gasteiger partial charge is 0.247 e. The van der Waals surface area contributed by atoms with Crippen LogP contribution in [0, 0.1) is 5.92 Å². The van der Waals surface area contributed by atoms with Gasteiger partial charge in [0.2, 0.25) is 5.91 Å². The molecule has 0 aliphatic carbocycles. The number of hydrogen-bond acceptors (Lipinski definition) is 2. The lowest BCUT2D eigenvalue weighted by molar-refractivity contribution is -0.122. The van der Waals surface area contributed by atoms with E-state index in [9.17, 15) is 4.79 Å². The first-order valence-corrected chi connectivity index (χ1v) is 7.64. The Kier molecular flexibility index (Phi) is 4.86. The number of carbonyl (C=O) groups excluding carboxylic acids is 1. The van der Waals surface area contributed by atoms with Gasteiger partial charge in [0.15, 0.2) is 0 Å². The topological polar surface area (TPSA) is 55.1 Å². The molecule has 2 rings (SSSR count). The SMILES string of the molecule is CC(C)Cc1ccc(C(C)(Nc2ccccc2)C(N)=O)cc1. The van der Waals surface area contributed by atoms with Crippen LogP contribution >= 0.6 is 0 Å². The number of rotatable bonds is 6. The van der Waals surface area contributed by atoms with Gasteiger partial charge in [-0.05, 0) is 42.5 Å². The first kappa shape index (κ1) is 16.1. The molecular formula is C19H24N2O. The summed E-state index contributed by atoms with van der Waals surface area (Å²) in [6.07, 6.45) is 1.03. The maximum atomic E-state index is 12.0. The molecule has 0 aliphatic heterocycles. The van der Waals surface area contributed by atoms with Crippen LogP contribution in [0.1, 0.15) is 31.9 Å². The predicted molar refractivity (Wildman–Crippen MR) is 91.6 cm³/mol. The molecule has 3 N–H and O–H groups in total. The van der Waals surface area contributed by atoms with Gasteiger partial charge in [0.1, 0.15) is 5.54 Å². The number of carbonyl (C=O) groups is 1. The number of amides is 1. The van der Waals surface area contributed by atoms with E-state index in [1.54, 1.807) is 0 Å². The Labute approximate surface area is 132 Å². The van der Waals surface area contributed by atoms with Crippen molar-refractivity contribution in [2.75, 3.05) is 5.32 Å². The summed E-state index contributed by atoms with van der Waals surface area (Å²) < 4.78 is 0. The van der Waals surface area contributed by atoms with Crippen molar-refractivity contribution in [3.63, 3.8) is 0 Å². The van der Waals surface area contributed by atoms with E-state index in [1.165, 1.54) is 5.56 Å². The van der Waals surface area contributed by atoms with Crippen molar-refractivity contribution >= 4 is 11.6 Å². The molecule has 1 unspecified atom stereocenters. The lowest BCUT2D eigenvalue weighted by Gasteiger charge is -2.29. The van der Waals surface area contributed by atoms with Gasteiger partial charge in [-0.15, -0.1) is 0 Å². The molecule has 1 amide bonds. The quantitative estimate of drug-likeness (QED) is 0.854. The highest BCUT2D eigenvalue weighted by Gasteiger charge is 2.33. The Bertz CT molecular complexity index is 620. The van der Waals surface area contributed by atoms with Gasteiger partial charge in [-0.25, -0.2) is 0 Å². The van der Waals surface area contributed by atoms with Gasteiger partial charge in [-0.1, -0.05) is 56.3 Å². The Morgan fingerprint density at radius 1 is 1.09 bits per heavy atom. The maximum Gasteiger partial charge on any atom is 0.247 e. The van der Waals surface area contributed by atoms with E-state index in [2.05, 4.69) is 31.3 Å². The molecule has 3 nitrogen and oxygen atoms in total. The van der Waals surface area contributed by atoms with Crippen molar-refractivity contribution in [3.8, 4) is 0 Å². The summed E-state index contributed by atoms with van der Waals surface area (Å²) in [6.45, 7) is 6.20. The van der Waals surface area contributed by atoms with Crippen LogP contribution in [0.15, 0.2) is 54.6 Å². The van der Waals surface area contributed by atoms with Gasteiger partial charge in [0, 0.05) is 5.69 Å². The van der Waals surface area contributed by atoms with Crippen LogP contribution in [0.25, 0.3) is 0 Å². The summed E-state index contributed by atoms with van der Waals surface area (Å²) >= 11 is 0. The molecule has 2 aromatic carbocycles. The van der Waals surface area contributed by atoms with Crippen molar-refractivity contribution in [1.29, 1.82) is 0 Å². The summed E-state index contributed by atoms with van der Waals surface area (Å²) in [5.41, 5.74) is 7.75. The van der Waals surface area contributed by atoms with E-state index in [0.29, 0.717) is 5.92 Å². The van der Waals surface area contributed by atoms with E-state index in [1.807, 2.05) is 49.4 Å². The summed E-state index contributed by atoms with van der Waals surface area (Å²) in [4.78, 5) is 12.0. The fourth-order valence-corrected chi connectivity index (χ4v) is 2.53. The second kappa shape index (κ2) is 6.65. The van der Waals surface area contributed by atoms with Gasteiger partial charge in [0.05, 0.1) is 0 Å². The lowest BCUT2D eigenvalue weighted by atomic mass is 9.89. The minimum atomic E-state index is -0.933. The largest absolute Gasteiger partial charge is 0.368 e. The Morgan fingerprint density at radius 3 is 2.18 bits per heavy atom. The summed E-state index contributed by atoms with van der Waals surface area (Å²) in [6, 6.07) is 17.8. The van der Waals surface area contributed by atoms with Crippen molar-refractivity contribution in [3.05, 3.63) is 65.7 Å². The molecule has 0 radical (unpaired) electrons. The Balaban J connectivity index is 2.29. The van der Waals surface area contributed by atoms with Crippen LogP contribution in [0.3, 0.4) is 0 Å². The first-order valence-electron chi connectivity index (χ1n) is 7.64. The molecule has 3 heteroatoms. The highest BCUT2D eigenvalue weighted by atomic mass is 16.1. The van der Waals surface area contributed by atoms with Gasteiger partial charge in [-0.3, -0.25) is 4.79 Å². The molecule has 0 bridgehead atoms. The number of nitrogens with one attached hydrogen (secondary N) is 1. The third kappa shape index (κ3) is 3.67. The summed E-state index contributed by atoms with van der Waals surface area (Å²) in [5, 5.41) is 3.26. The number of hydrogen-bond donors (Lipinski definition) is 2. The highest BCUT2D eigenvalue weighted by molar-refractivity contribution is 5.89. The van der Waals surface area contributed by atoms with E-state index in [4.69, 9.17) is 5.73 Å². The first-order chi connectivity index (χ1) is 10.4. The van der Waals surface area contributed by atoms with Gasteiger partial charge >= 0.3 is 0 Å². The van der Waals surface area contributed by atoms with Crippen LogP contribution in [-0.2, 0) is 16.8 Å². The highest BCUT2D eigenvalue weighted by Crippen LogP contribution is 2.26. The number of primary amides is 1. The molecule has 22 heavy (non-hydrogen) atoms. The molecule has 1 atom stereocenters. The number of anilines is 1. The van der Waals surface area contributed by atoms with Crippen LogP contribution in [0.2, 0.25) is 0 Å². The average Bonchev–Trinajstić information content (AvgIpc) is 2.48. The molecule has 0 saturated heterocycles. The second-order valence-corrected chi connectivity index (χ2v) is 6.28. The van der Waals surface area contributed by atoms with E-state index in [0.717, 1.165) is 17.7 Å². The average molecular weight is 296 g/mol. The molecule has 0 fully saturated rings. The Morgan fingerprint density at radius 2 is 1.68 bits per heavy atom. The van der Waals surface area contributed by atoms with E-state index < -0.39 is 11.4 Å². The van der Waals surface area contributed by atoms with E-state index in [-0.39, 0.29) is 0 Å². The summed E-state index contributed by atoms with van der Waals surface area (Å²) in [5.74, 6) is 0.212. The van der Waals surface area contributed by atoms with E-state index >= 15 is 0 Å². The van der Waals surface area contributed by atoms with Crippen LogP contribution in [0.4, 0.5) is 5.69 Å². The second-order valence-electron chi connectivity index (χ2n) is 6.28. The molecule has 2 aromatic rings. The molecule has 0 saturated carbocycles. The molecule has 0 spiro atoms. The zero-order valence-electron chi connectivity index (χ0n) is 13.5. The van der Waals surface area contributed by atoms with Crippen LogP contribution in [-0.4, -0.2) is 5.91 Å². The number of para-hydroxylation sites is 1. The van der Waals surface area contributed by atoms with Crippen molar-refractivity contribution in [2.45, 2.75) is 32.7 Å². The normalized spacial score (nSPS) is 13.6. The van der Waals surface area contributed by atoms with Gasteiger partial charge in [-0.2, -0.15) is 0 Å². The predicted octanol–water partition coefficient (Wildman–Crippen LogP) is 3.70. The van der Waals surface area contributed by atoms with Gasteiger partial charge in [0.25, 0.3) is 0 Å². The minimum absolute atomic E-state index is 0.395. The van der Waals surface area contributed by atoms with Crippen LogP contribution in [0.5, 0.6) is 0 Å². The monoisotopic (exact) mass is 296 g/mol. The maximum absolute atomic E-state index is 12.0. The fourth-order valence-electron chi connectivity index (χ4n) is 2.53. The summed E-state index contributed by atoms with van der Waals surface area (Å²) in [7, 11) is 0. The molecule has 0 heterocycles. The van der Waals surface area contributed by atoms with Crippen molar-refractivity contribution in [1.82, 2.24) is 0 Å². The van der Waals surface area contributed by atoms with Crippen molar-refractivity contribution < 1.29 is 4.79 Å². The number of benzene rings is 2.